The van der Waals surface area contributed by atoms with Gasteiger partial charge in [-0.3, -0.25) is 4.79 Å². The summed E-state index contributed by atoms with van der Waals surface area (Å²) in [6, 6.07) is 0. The highest BCUT2D eigenvalue weighted by Crippen LogP contribution is 2.10. The smallest absolute Gasteiger partial charge is 0.381 e. The van der Waals surface area contributed by atoms with Gasteiger partial charge in [0.15, 0.2) is 0 Å². The molecule has 1 unspecified atom stereocenters. The van der Waals surface area contributed by atoms with Crippen molar-refractivity contribution in [2.45, 2.75) is 73.5 Å². The van der Waals surface area contributed by atoms with E-state index in [-0.39, 0.29) is 0 Å². The molecule has 0 amide bonds. The van der Waals surface area contributed by atoms with Crippen molar-refractivity contribution in [2.75, 3.05) is 0 Å². The maximum atomic E-state index is 11.8. The van der Waals surface area contributed by atoms with Crippen LogP contribution >= 0.6 is 0 Å². The zero-order chi connectivity index (χ0) is 19.4. The largest absolute Gasteiger partial charge is 0.426 e. The molecule has 0 bridgehead atoms. The van der Waals surface area contributed by atoms with Crippen molar-refractivity contribution in [2.24, 2.45) is 0 Å². The van der Waals surface area contributed by atoms with Crippen LogP contribution in [-0.2, 0) is 14.3 Å². The van der Waals surface area contributed by atoms with E-state index in [4.69, 9.17) is 4.74 Å². The van der Waals surface area contributed by atoms with E-state index >= 15 is 0 Å². The third-order valence-electron chi connectivity index (χ3n) is 3.42. The number of carbonyl (C=O) groups is 2. The molecule has 4 nitrogen and oxygen atoms in total. The van der Waals surface area contributed by atoms with Crippen molar-refractivity contribution in [1.82, 2.24) is 0 Å². The third kappa shape index (κ3) is 13.1. The van der Waals surface area contributed by atoms with Gasteiger partial charge in [-0.15, -0.1) is 0 Å². The Morgan fingerprint density at radius 3 is 1.84 bits per heavy atom. The first-order valence-corrected chi connectivity index (χ1v) is 8.66. The highest BCUT2D eigenvalue weighted by Gasteiger charge is 2.16. The summed E-state index contributed by atoms with van der Waals surface area (Å²) >= 11 is 0. The molecule has 0 aromatic rings. The topological polar surface area (TPSA) is 63.6 Å². The van der Waals surface area contributed by atoms with Gasteiger partial charge in [-0.1, -0.05) is 34.4 Å². The first kappa shape index (κ1) is 23.1. The molecular formula is C21H32O4. The van der Waals surface area contributed by atoms with E-state index in [9.17, 15) is 14.7 Å². The summed E-state index contributed by atoms with van der Waals surface area (Å²) in [6.45, 7) is 11.7. The number of aliphatic hydroxyl groups is 1. The minimum atomic E-state index is -1.40. The summed E-state index contributed by atoms with van der Waals surface area (Å²) in [7, 11) is 0. The van der Waals surface area contributed by atoms with Gasteiger partial charge in [0.25, 0.3) is 5.78 Å². The first-order chi connectivity index (χ1) is 11.6. The Morgan fingerprint density at radius 2 is 1.36 bits per heavy atom. The lowest BCUT2D eigenvalue weighted by molar-refractivity contribution is -0.165. The molecule has 25 heavy (non-hydrogen) atoms. The SMILES string of the molecule is CC(C)=CCC/C(C)=C/C(=O)C(=O)OC(O)/C=C(\C)CCC=C(C)C. The molecule has 1 N–H and O–H groups in total. The van der Waals surface area contributed by atoms with Crippen LogP contribution in [0.1, 0.15) is 67.2 Å². The van der Waals surface area contributed by atoms with E-state index < -0.39 is 18.0 Å². The molecule has 0 spiro atoms. The van der Waals surface area contributed by atoms with Crippen LogP contribution in [0, 0.1) is 0 Å². The van der Waals surface area contributed by atoms with Crippen LogP contribution in [0.5, 0.6) is 0 Å². The average Bonchev–Trinajstić information content (AvgIpc) is 2.45. The highest BCUT2D eigenvalue weighted by molar-refractivity contribution is 6.38. The summed E-state index contributed by atoms with van der Waals surface area (Å²) in [5, 5.41) is 9.77. The summed E-state index contributed by atoms with van der Waals surface area (Å²) in [5.74, 6) is -1.79. The molecule has 0 aromatic heterocycles. The van der Waals surface area contributed by atoms with E-state index in [2.05, 4.69) is 12.2 Å². The Hall–Kier alpha value is -1.94. The van der Waals surface area contributed by atoms with Crippen LogP contribution in [0.3, 0.4) is 0 Å². The lowest BCUT2D eigenvalue weighted by atomic mass is 10.1. The molecule has 0 fully saturated rings. The molecule has 0 aliphatic rings. The summed E-state index contributed by atoms with van der Waals surface area (Å²) in [4.78, 5) is 23.5. The zero-order valence-electron chi connectivity index (χ0n) is 16.4. The minimum absolute atomic E-state index is 0.704. The second-order valence-corrected chi connectivity index (χ2v) is 6.80. The molecule has 0 rings (SSSR count). The number of ether oxygens (including phenoxy) is 1. The van der Waals surface area contributed by atoms with Crippen molar-refractivity contribution in [3.63, 3.8) is 0 Å². The second-order valence-electron chi connectivity index (χ2n) is 6.80. The molecule has 0 aliphatic heterocycles. The van der Waals surface area contributed by atoms with Gasteiger partial charge in [-0.05, 0) is 79.4 Å². The van der Waals surface area contributed by atoms with E-state index in [0.717, 1.165) is 30.4 Å². The van der Waals surface area contributed by atoms with Gasteiger partial charge in [-0.2, -0.15) is 0 Å². The number of ketones is 1. The second kappa shape index (κ2) is 12.4. The van der Waals surface area contributed by atoms with E-state index in [1.54, 1.807) is 6.92 Å². The van der Waals surface area contributed by atoms with Crippen molar-refractivity contribution in [3.05, 3.63) is 46.6 Å². The van der Waals surface area contributed by atoms with Crippen LogP contribution < -0.4 is 0 Å². The fourth-order valence-corrected chi connectivity index (χ4v) is 2.06. The monoisotopic (exact) mass is 348 g/mol. The molecular weight excluding hydrogens is 316 g/mol. The Bertz CT molecular complexity index is 569. The van der Waals surface area contributed by atoms with Gasteiger partial charge in [-0.25, -0.2) is 4.79 Å². The van der Waals surface area contributed by atoms with Gasteiger partial charge < -0.3 is 9.84 Å². The fraction of sp³-hybridized carbons (Fsp3) is 0.524. The van der Waals surface area contributed by atoms with Crippen LogP contribution in [0.25, 0.3) is 0 Å². The van der Waals surface area contributed by atoms with Crippen LogP contribution in [-0.4, -0.2) is 23.1 Å². The molecule has 0 saturated heterocycles. The molecule has 0 radical (unpaired) electrons. The fourth-order valence-electron chi connectivity index (χ4n) is 2.06. The standard InChI is InChI=1S/C21H32O4/c1-15(2)9-7-11-17(5)13-19(22)21(24)25-20(23)14-18(6)12-8-10-16(3)4/h9-10,13-14,20,23H,7-8,11-12H2,1-6H3/b17-13+,18-14+. The minimum Gasteiger partial charge on any atom is -0.426 e. The average molecular weight is 348 g/mol. The van der Waals surface area contributed by atoms with Crippen molar-refractivity contribution >= 4 is 11.8 Å². The molecule has 0 aromatic carbocycles. The number of aliphatic hydroxyl groups excluding tert-OH is 1. The van der Waals surface area contributed by atoms with E-state index in [1.807, 2.05) is 34.6 Å². The van der Waals surface area contributed by atoms with E-state index in [0.29, 0.717) is 6.42 Å². The van der Waals surface area contributed by atoms with Gasteiger partial charge in [0.1, 0.15) is 0 Å². The number of hydrogen-bond acceptors (Lipinski definition) is 4. The number of esters is 1. The third-order valence-corrected chi connectivity index (χ3v) is 3.42. The molecule has 0 heterocycles. The lowest BCUT2D eigenvalue weighted by Crippen LogP contribution is -2.22. The number of allylic oxidation sites excluding steroid dienone is 6. The van der Waals surface area contributed by atoms with Crippen LogP contribution in [0.15, 0.2) is 46.6 Å². The van der Waals surface area contributed by atoms with E-state index in [1.165, 1.54) is 23.3 Å². The Kier molecular flexibility index (Phi) is 11.5. The van der Waals surface area contributed by atoms with Gasteiger partial charge in [0.05, 0.1) is 0 Å². The van der Waals surface area contributed by atoms with Gasteiger partial charge >= 0.3 is 5.97 Å². The van der Waals surface area contributed by atoms with Gasteiger partial charge in [0.2, 0.25) is 6.29 Å². The Labute approximate surface area is 152 Å². The Balaban J connectivity index is 4.48. The predicted molar refractivity (Wildman–Crippen MR) is 102 cm³/mol. The number of rotatable bonds is 10. The van der Waals surface area contributed by atoms with Gasteiger partial charge in [0, 0.05) is 0 Å². The maximum Gasteiger partial charge on any atom is 0.381 e. The predicted octanol–water partition coefficient (Wildman–Crippen LogP) is 4.80. The zero-order valence-corrected chi connectivity index (χ0v) is 16.4. The Morgan fingerprint density at radius 1 is 0.880 bits per heavy atom. The highest BCUT2D eigenvalue weighted by atomic mass is 16.6. The summed E-state index contributed by atoms with van der Waals surface area (Å²) in [6.07, 6.45) is 8.65. The molecule has 0 aliphatic carbocycles. The first-order valence-electron chi connectivity index (χ1n) is 8.66. The molecule has 1 atom stereocenters. The summed E-state index contributed by atoms with van der Waals surface area (Å²) in [5.41, 5.74) is 4.16. The van der Waals surface area contributed by atoms with Crippen LogP contribution in [0.2, 0.25) is 0 Å². The maximum absolute atomic E-state index is 11.8. The lowest BCUT2D eigenvalue weighted by Gasteiger charge is -2.08. The van der Waals surface area contributed by atoms with Crippen molar-refractivity contribution in [3.8, 4) is 0 Å². The molecule has 4 heteroatoms. The normalized spacial score (nSPS) is 13.1. The van der Waals surface area contributed by atoms with Crippen LogP contribution in [0.4, 0.5) is 0 Å². The number of hydrogen-bond donors (Lipinski definition) is 1. The summed E-state index contributed by atoms with van der Waals surface area (Å²) < 4.78 is 4.77. The van der Waals surface area contributed by atoms with Crippen molar-refractivity contribution < 1.29 is 19.4 Å². The quantitative estimate of drug-likeness (QED) is 0.202. The molecule has 0 saturated carbocycles. The van der Waals surface area contributed by atoms with Crippen molar-refractivity contribution in [1.29, 1.82) is 0 Å². The number of carbonyl (C=O) groups excluding carboxylic acids is 2. The molecule has 140 valence electrons.